The van der Waals surface area contributed by atoms with E-state index >= 15 is 0 Å². The third kappa shape index (κ3) is 3.15. The van der Waals surface area contributed by atoms with Gasteiger partial charge in [-0.1, -0.05) is 37.3 Å². The zero-order valence-electron chi connectivity index (χ0n) is 11.7. The number of aryl methyl sites for hydroxylation is 1. The summed E-state index contributed by atoms with van der Waals surface area (Å²) in [4.78, 5) is 10.5. The molecule has 1 N–H and O–H groups in total. The van der Waals surface area contributed by atoms with Crippen LogP contribution in [0, 0.1) is 17.0 Å². The Balaban J connectivity index is 2.10. The zero-order chi connectivity index (χ0) is 14.5. The maximum atomic E-state index is 10.9. The highest BCUT2D eigenvalue weighted by atomic mass is 16.6. The van der Waals surface area contributed by atoms with Gasteiger partial charge in [0, 0.05) is 23.9 Å². The lowest BCUT2D eigenvalue weighted by atomic mass is 10.1. The van der Waals surface area contributed by atoms with Gasteiger partial charge >= 0.3 is 0 Å². The van der Waals surface area contributed by atoms with Crippen LogP contribution in [0.5, 0.6) is 0 Å². The van der Waals surface area contributed by atoms with E-state index in [1.54, 1.807) is 13.0 Å². The van der Waals surface area contributed by atoms with Crippen molar-refractivity contribution in [2.24, 2.45) is 0 Å². The van der Waals surface area contributed by atoms with Crippen LogP contribution >= 0.6 is 0 Å². The van der Waals surface area contributed by atoms with E-state index in [0.29, 0.717) is 12.1 Å². The first-order chi connectivity index (χ1) is 9.61. The Morgan fingerprint density at radius 3 is 2.35 bits per heavy atom. The number of nitro groups is 1. The molecule has 20 heavy (non-hydrogen) atoms. The van der Waals surface area contributed by atoms with Crippen molar-refractivity contribution in [1.29, 1.82) is 0 Å². The van der Waals surface area contributed by atoms with Crippen LogP contribution in [-0.4, -0.2) is 4.92 Å². The largest absolute Gasteiger partial charge is 0.381 e. The van der Waals surface area contributed by atoms with Crippen LogP contribution in [0.2, 0.25) is 0 Å². The summed E-state index contributed by atoms with van der Waals surface area (Å²) in [7, 11) is 0. The summed E-state index contributed by atoms with van der Waals surface area (Å²) in [6, 6.07) is 13.5. The molecular weight excluding hydrogens is 252 g/mol. The summed E-state index contributed by atoms with van der Waals surface area (Å²) < 4.78 is 0. The SMILES string of the molecule is CCc1ccc(CNc2cccc([N+](=O)[O-])c2C)cc1. The molecule has 0 atom stereocenters. The Morgan fingerprint density at radius 2 is 1.75 bits per heavy atom. The molecule has 2 aromatic rings. The quantitative estimate of drug-likeness (QED) is 0.658. The van der Waals surface area contributed by atoms with E-state index in [9.17, 15) is 10.1 Å². The molecule has 0 fully saturated rings. The Labute approximate surface area is 118 Å². The van der Waals surface area contributed by atoms with Gasteiger partial charge < -0.3 is 5.32 Å². The monoisotopic (exact) mass is 270 g/mol. The number of nitrogens with zero attached hydrogens (tertiary/aromatic N) is 1. The van der Waals surface area contributed by atoms with Crippen LogP contribution < -0.4 is 5.32 Å². The van der Waals surface area contributed by atoms with Crippen LogP contribution in [-0.2, 0) is 13.0 Å². The second kappa shape index (κ2) is 6.19. The summed E-state index contributed by atoms with van der Waals surface area (Å²) in [6.45, 7) is 4.55. The first kappa shape index (κ1) is 14.1. The standard InChI is InChI=1S/C16H18N2O2/c1-3-13-7-9-14(10-8-13)11-17-15-5-4-6-16(12(15)2)18(19)20/h4-10,17H,3,11H2,1-2H3. The minimum absolute atomic E-state index is 0.149. The molecule has 0 aliphatic heterocycles. The molecule has 4 nitrogen and oxygen atoms in total. The van der Waals surface area contributed by atoms with E-state index in [1.165, 1.54) is 11.6 Å². The van der Waals surface area contributed by atoms with Crippen LogP contribution in [0.4, 0.5) is 11.4 Å². The zero-order valence-corrected chi connectivity index (χ0v) is 11.7. The smallest absolute Gasteiger partial charge is 0.274 e. The van der Waals surface area contributed by atoms with E-state index in [4.69, 9.17) is 0 Å². The maximum absolute atomic E-state index is 10.9. The molecule has 0 saturated heterocycles. The van der Waals surface area contributed by atoms with Crippen molar-refractivity contribution in [1.82, 2.24) is 0 Å². The number of nitrogens with one attached hydrogen (secondary N) is 1. The summed E-state index contributed by atoms with van der Waals surface area (Å²) >= 11 is 0. The highest BCUT2D eigenvalue weighted by molar-refractivity contribution is 5.59. The fraction of sp³-hybridized carbons (Fsp3) is 0.250. The molecule has 4 heteroatoms. The predicted octanol–water partition coefficient (Wildman–Crippen LogP) is 4.08. The Bertz CT molecular complexity index is 606. The van der Waals surface area contributed by atoms with Crippen molar-refractivity contribution >= 4 is 11.4 Å². The lowest BCUT2D eigenvalue weighted by Crippen LogP contribution is -2.02. The van der Waals surface area contributed by atoms with Crippen LogP contribution in [0.3, 0.4) is 0 Å². The van der Waals surface area contributed by atoms with E-state index in [0.717, 1.165) is 17.7 Å². The fourth-order valence-electron chi connectivity index (χ4n) is 2.10. The molecule has 0 aliphatic carbocycles. The lowest BCUT2D eigenvalue weighted by Gasteiger charge is -2.10. The molecule has 2 aromatic carbocycles. The third-order valence-electron chi connectivity index (χ3n) is 3.42. The molecular formula is C16H18N2O2. The van der Waals surface area contributed by atoms with Crippen molar-refractivity contribution in [2.45, 2.75) is 26.8 Å². The normalized spacial score (nSPS) is 10.3. The number of hydrogen-bond donors (Lipinski definition) is 1. The number of hydrogen-bond acceptors (Lipinski definition) is 3. The van der Waals surface area contributed by atoms with Crippen molar-refractivity contribution in [3.8, 4) is 0 Å². The van der Waals surface area contributed by atoms with Crippen molar-refractivity contribution in [3.63, 3.8) is 0 Å². The molecule has 0 radical (unpaired) electrons. The minimum Gasteiger partial charge on any atom is -0.381 e. The number of anilines is 1. The lowest BCUT2D eigenvalue weighted by molar-refractivity contribution is -0.385. The van der Waals surface area contributed by atoms with E-state index in [-0.39, 0.29) is 10.6 Å². The number of rotatable bonds is 5. The molecule has 0 saturated carbocycles. The molecule has 0 amide bonds. The van der Waals surface area contributed by atoms with Gasteiger partial charge in [0.25, 0.3) is 5.69 Å². The van der Waals surface area contributed by atoms with Crippen molar-refractivity contribution in [3.05, 3.63) is 69.3 Å². The second-order valence-corrected chi connectivity index (χ2v) is 4.73. The van der Waals surface area contributed by atoms with Gasteiger partial charge in [0.2, 0.25) is 0 Å². The minimum atomic E-state index is -0.351. The van der Waals surface area contributed by atoms with E-state index in [2.05, 4.69) is 36.5 Å². The summed E-state index contributed by atoms with van der Waals surface area (Å²) in [6.07, 6.45) is 1.03. The molecule has 0 unspecified atom stereocenters. The molecule has 2 rings (SSSR count). The molecule has 0 aliphatic rings. The highest BCUT2D eigenvalue weighted by Gasteiger charge is 2.12. The molecule has 104 valence electrons. The Morgan fingerprint density at radius 1 is 1.10 bits per heavy atom. The number of nitro benzene ring substituents is 1. The van der Waals surface area contributed by atoms with E-state index < -0.39 is 0 Å². The average Bonchev–Trinajstić information content (AvgIpc) is 2.46. The first-order valence-corrected chi connectivity index (χ1v) is 6.67. The average molecular weight is 270 g/mol. The van der Waals surface area contributed by atoms with Gasteiger partial charge in [0.15, 0.2) is 0 Å². The van der Waals surface area contributed by atoms with Gasteiger partial charge in [0.05, 0.1) is 4.92 Å². The van der Waals surface area contributed by atoms with Gasteiger partial charge in [-0.2, -0.15) is 0 Å². The number of benzene rings is 2. The molecule has 0 bridgehead atoms. The summed E-state index contributed by atoms with van der Waals surface area (Å²) in [5.41, 5.74) is 4.09. The van der Waals surface area contributed by atoms with Crippen molar-refractivity contribution in [2.75, 3.05) is 5.32 Å². The van der Waals surface area contributed by atoms with Gasteiger partial charge in [-0.3, -0.25) is 10.1 Å². The maximum Gasteiger partial charge on any atom is 0.274 e. The molecule has 0 aromatic heterocycles. The molecule has 0 spiro atoms. The van der Waals surface area contributed by atoms with Crippen LogP contribution in [0.25, 0.3) is 0 Å². The Kier molecular flexibility index (Phi) is 4.35. The third-order valence-corrected chi connectivity index (χ3v) is 3.42. The summed E-state index contributed by atoms with van der Waals surface area (Å²) in [5.74, 6) is 0. The molecule has 0 heterocycles. The predicted molar refractivity (Wildman–Crippen MR) is 81.0 cm³/mol. The summed E-state index contributed by atoms with van der Waals surface area (Å²) in [5, 5.41) is 14.2. The van der Waals surface area contributed by atoms with Gasteiger partial charge in [-0.15, -0.1) is 0 Å². The van der Waals surface area contributed by atoms with Crippen molar-refractivity contribution < 1.29 is 4.92 Å². The van der Waals surface area contributed by atoms with Gasteiger partial charge in [-0.05, 0) is 30.5 Å². The van der Waals surface area contributed by atoms with Gasteiger partial charge in [0.1, 0.15) is 0 Å². The highest BCUT2D eigenvalue weighted by Crippen LogP contribution is 2.25. The second-order valence-electron chi connectivity index (χ2n) is 4.73. The fourth-order valence-corrected chi connectivity index (χ4v) is 2.10. The topological polar surface area (TPSA) is 55.2 Å². The Hall–Kier alpha value is -2.36. The van der Waals surface area contributed by atoms with Crippen LogP contribution in [0.1, 0.15) is 23.6 Å². The van der Waals surface area contributed by atoms with E-state index in [1.807, 2.05) is 6.07 Å². The van der Waals surface area contributed by atoms with Crippen LogP contribution in [0.15, 0.2) is 42.5 Å². The van der Waals surface area contributed by atoms with Gasteiger partial charge in [-0.25, -0.2) is 0 Å². The first-order valence-electron chi connectivity index (χ1n) is 6.67.